The van der Waals surface area contributed by atoms with Crippen LogP contribution in [0.25, 0.3) is 0 Å². The molecule has 0 bridgehead atoms. The van der Waals surface area contributed by atoms with Gasteiger partial charge in [0, 0.05) is 18.6 Å². The minimum absolute atomic E-state index is 0.486. The van der Waals surface area contributed by atoms with Crippen molar-refractivity contribution < 1.29 is 0 Å². The fraction of sp³-hybridized carbons (Fsp3) is 0.571. The molecule has 1 aromatic carbocycles. The van der Waals surface area contributed by atoms with Crippen molar-refractivity contribution in [2.24, 2.45) is 5.73 Å². The summed E-state index contributed by atoms with van der Waals surface area (Å²) in [6, 6.07) is 11.7. The molecule has 0 aliphatic heterocycles. The lowest BCUT2D eigenvalue weighted by atomic mass is 10.0. The molecule has 2 heteroatoms. The Bertz CT molecular complexity index is 282. The SMILES string of the molecule is CC(C)N(C)C(CN)CCc1ccccc1. The Kier molecular flexibility index (Phi) is 5.50. The van der Waals surface area contributed by atoms with Crippen LogP contribution in [0.15, 0.2) is 30.3 Å². The van der Waals surface area contributed by atoms with Gasteiger partial charge in [0.15, 0.2) is 0 Å². The van der Waals surface area contributed by atoms with Gasteiger partial charge in [-0.15, -0.1) is 0 Å². The van der Waals surface area contributed by atoms with Crippen LogP contribution in [0.3, 0.4) is 0 Å². The lowest BCUT2D eigenvalue weighted by Crippen LogP contribution is -2.42. The van der Waals surface area contributed by atoms with Crippen LogP contribution >= 0.6 is 0 Å². The third-order valence-electron chi connectivity index (χ3n) is 3.27. The topological polar surface area (TPSA) is 29.3 Å². The van der Waals surface area contributed by atoms with E-state index in [1.807, 2.05) is 0 Å². The first-order valence-electron chi connectivity index (χ1n) is 6.11. The fourth-order valence-corrected chi connectivity index (χ4v) is 1.89. The molecule has 1 unspecified atom stereocenters. The maximum absolute atomic E-state index is 5.83. The van der Waals surface area contributed by atoms with E-state index >= 15 is 0 Å². The molecule has 90 valence electrons. The average molecular weight is 220 g/mol. The smallest absolute Gasteiger partial charge is 0.0221 e. The second-order valence-corrected chi connectivity index (χ2v) is 4.67. The molecule has 0 amide bonds. The maximum Gasteiger partial charge on any atom is 0.0221 e. The minimum atomic E-state index is 0.486. The molecule has 0 aromatic heterocycles. The standard InChI is InChI=1S/C14H24N2/c1-12(2)16(3)14(11-15)10-9-13-7-5-4-6-8-13/h4-8,12,14H,9-11,15H2,1-3H3. The molecular formula is C14H24N2. The number of hydrogen-bond donors (Lipinski definition) is 1. The third-order valence-corrected chi connectivity index (χ3v) is 3.27. The van der Waals surface area contributed by atoms with Crippen molar-refractivity contribution in [2.75, 3.05) is 13.6 Å². The van der Waals surface area contributed by atoms with Gasteiger partial charge >= 0.3 is 0 Å². The normalized spacial score (nSPS) is 13.4. The summed E-state index contributed by atoms with van der Waals surface area (Å²) in [4.78, 5) is 2.36. The van der Waals surface area contributed by atoms with Crippen molar-refractivity contribution in [3.63, 3.8) is 0 Å². The number of hydrogen-bond acceptors (Lipinski definition) is 2. The Hall–Kier alpha value is -0.860. The molecule has 0 saturated carbocycles. The zero-order valence-electron chi connectivity index (χ0n) is 10.7. The molecule has 1 rings (SSSR count). The summed E-state index contributed by atoms with van der Waals surface area (Å²) in [6.07, 6.45) is 2.24. The minimum Gasteiger partial charge on any atom is -0.329 e. The molecule has 0 heterocycles. The Balaban J connectivity index is 2.46. The van der Waals surface area contributed by atoms with Crippen molar-refractivity contribution in [1.82, 2.24) is 4.90 Å². The van der Waals surface area contributed by atoms with Gasteiger partial charge in [-0.2, -0.15) is 0 Å². The van der Waals surface area contributed by atoms with Gasteiger partial charge in [0.05, 0.1) is 0 Å². The monoisotopic (exact) mass is 220 g/mol. The van der Waals surface area contributed by atoms with E-state index in [-0.39, 0.29) is 0 Å². The molecule has 0 fully saturated rings. The van der Waals surface area contributed by atoms with Crippen LogP contribution in [0.2, 0.25) is 0 Å². The van der Waals surface area contributed by atoms with E-state index in [1.165, 1.54) is 5.56 Å². The molecule has 2 N–H and O–H groups in total. The van der Waals surface area contributed by atoms with Gasteiger partial charge in [-0.3, -0.25) is 4.90 Å². The second kappa shape index (κ2) is 6.66. The van der Waals surface area contributed by atoms with Crippen molar-refractivity contribution >= 4 is 0 Å². The Morgan fingerprint density at radius 3 is 2.31 bits per heavy atom. The number of likely N-dealkylation sites (N-methyl/N-ethyl adjacent to an activating group) is 1. The van der Waals surface area contributed by atoms with E-state index in [0.29, 0.717) is 12.1 Å². The highest BCUT2D eigenvalue weighted by Gasteiger charge is 2.15. The van der Waals surface area contributed by atoms with Gasteiger partial charge in [-0.05, 0) is 39.3 Å². The Labute approximate surface area is 99.5 Å². The van der Waals surface area contributed by atoms with Crippen molar-refractivity contribution in [3.8, 4) is 0 Å². The van der Waals surface area contributed by atoms with Crippen LogP contribution in [0, 0.1) is 0 Å². The summed E-state index contributed by atoms with van der Waals surface area (Å²) in [5.41, 5.74) is 7.23. The lowest BCUT2D eigenvalue weighted by molar-refractivity contribution is 0.190. The number of nitrogens with two attached hydrogens (primary N) is 1. The molecule has 0 spiro atoms. The van der Waals surface area contributed by atoms with Gasteiger partial charge in [0.2, 0.25) is 0 Å². The molecular weight excluding hydrogens is 196 g/mol. The molecule has 2 nitrogen and oxygen atoms in total. The Morgan fingerprint density at radius 2 is 1.81 bits per heavy atom. The summed E-state index contributed by atoms with van der Waals surface area (Å²) < 4.78 is 0. The highest BCUT2D eigenvalue weighted by Crippen LogP contribution is 2.10. The lowest BCUT2D eigenvalue weighted by Gasteiger charge is -2.30. The number of benzene rings is 1. The van der Waals surface area contributed by atoms with Crippen molar-refractivity contribution in [2.45, 2.75) is 38.8 Å². The predicted octanol–water partition coefficient (Wildman–Crippen LogP) is 2.29. The van der Waals surface area contributed by atoms with Crippen LogP contribution in [-0.4, -0.2) is 30.6 Å². The molecule has 1 aromatic rings. The zero-order chi connectivity index (χ0) is 12.0. The van der Waals surface area contributed by atoms with Crippen LogP contribution in [0.4, 0.5) is 0 Å². The first-order valence-corrected chi connectivity index (χ1v) is 6.11. The second-order valence-electron chi connectivity index (χ2n) is 4.67. The first-order chi connectivity index (χ1) is 7.65. The van der Waals surface area contributed by atoms with Gasteiger partial charge in [0.25, 0.3) is 0 Å². The largest absolute Gasteiger partial charge is 0.329 e. The molecule has 0 radical (unpaired) electrons. The number of rotatable bonds is 6. The van der Waals surface area contributed by atoms with Crippen LogP contribution in [0.1, 0.15) is 25.8 Å². The van der Waals surface area contributed by atoms with Crippen LogP contribution in [-0.2, 0) is 6.42 Å². The highest BCUT2D eigenvalue weighted by molar-refractivity contribution is 5.14. The summed E-state index contributed by atoms with van der Waals surface area (Å²) in [5, 5.41) is 0. The van der Waals surface area contributed by atoms with E-state index in [9.17, 15) is 0 Å². The molecule has 0 aliphatic rings. The molecule has 0 aliphatic carbocycles. The van der Waals surface area contributed by atoms with E-state index in [4.69, 9.17) is 5.73 Å². The number of nitrogens with zero attached hydrogens (tertiary/aromatic N) is 1. The van der Waals surface area contributed by atoms with Crippen LogP contribution in [0.5, 0.6) is 0 Å². The summed E-state index contributed by atoms with van der Waals surface area (Å²) in [5.74, 6) is 0. The van der Waals surface area contributed by atoms with E-state index in [0.717, 1.165) is 19.4 Å². The molecule has 0 saturated heterocycles. The van der Waals surface area contributed by atoms with Crippen molar-refractivity contribution in [3.05, 3.63) is 35.9 Å². The predicted molar refractivity (Wildman–Crippen MR) is 70.5 cm³/mol. The van der Waals surface area contributed by atoms with Gasteiger partial charge < -0.3 is 5.73 Å². The molecule has 1 atom stereocenters. The Morgan fingerprint density at radius 1 is 1.19 bits per heavy atom. The summed E-state index contributed by atoms with van der Waals surface area (Å²) in [7, 11) is 2.16. The van der Waals surface area contributed by atoms with Gasteiger partial charge in [-0.1, -0.05) is 30.3 Å². The third kappa shape index (κ3) is 3.95. The van der Waals surface area contributed by atoms with E-state index in [1.54, 1.807) is 0 Å². The summed E-state index contributed by atoms with van der Waals surface area (Å²) in [6.45, 7) is 5.16. The van der Waals surface area contributed by atoms with Crippen LogP contribution < -0.4 is 5.73 Å². The van der Waals surface area contributed by atoms with Gasteiger partial charge in [0.1, 0.15) is 0 Å². The summed E-state index contributed by atoms with van der Waals surface area (Å²) >= 11 is 0. The fourth-order valence-electron chi connectivity index (χ4n) is 1.89. The number of aryl methyl sites for hydroxylation is 1. The van der Waals surface area contributed by atoms with E-state index in [2.05, 4.69) is 56.1 Å². The van der Waals surface area contributed by atoms with E-state index < -0.39 is 0 Å². The highest BCUT2D eigenvalue weighted by atomic mass is 15.2. The molecule has 16 heavy (non-hydrogen) atoms. The quantitative estimate of drug-likeness (QED) is 0.797. The van der Waals surface area contributed by atoms with Gasteiger partial charge in [-0.25, -0.2) is 0 Å². The first kappa shape index (κ1) is 13.2. The van der Waals surface area contributed by atoms with Crippen molar-refractivity contribution in [1.29, 1.82) is 0 Å². The maximum atomic E-state index is 5.83. The zero-order valence-corrected chi connectivity index (χ0v) is 10.7. The average Bonchev–Trinajstić information content (AvgIpc) is 2.30.